The first-order valence-electron chi connectivity index (χ1n) is 11.6. The molecule has 2 aromatic carbocycles. The van der Waals surface area contributed by atoms with Crippen LogP contribution in [0.2, 0.25) is 0 Å². The molecule has 4 aromatic rings. The summed E-state index contributed by atoms with van der Waals surface area (Å²) in [6, 6.07) is 16.9. The minimum Gasteiger partial charge on any atom is -0.493 e. The highest BCUT2D eigenvalue weighted by molar-refractivity contribution is 5.88. The zero-order valence-corrected chi connectivity index (χ0v) is 20.2. The van der Waals surface area contributed by atoms with Crippen LogP contribution in [-0.2, 0) is 13.0 Å². The van der Waals surface area contributed by atoms with E-state index in [1.807, 2.05) is 24.4 Å². The van der Waals surface area contributed by atoms with Gasteiger partial charge in [0.1, 0.15) is 18.2 Å². The van der Waals surface area contributed by atoms with Crippen molar-refractivity contribution >= 4 is 11.2 Å². The minimum absolute atomic E-state index is 0.246. The van der Waals surface area contributed by atoms with Gasteiger partial charge in [-0.3, -0.25) is 0 Å². The average Bonchev–Trinajstić information content (AvgIpc) is 3.15. The molecule has 1 aliphatic rings. The molecule has 5 nitrogen and oxygen atoms in total. The quantitative estimate of drug-likeness (QED) is 0.324. The number of methoxy groups -OCH3 is 1. The largest absolute Gasteiger partial charge is 0.493 e. The molecule has 0 fully saturated rings. The van der Waals surface area contributed by atoms with E-state index in [-0.39, 0.29) is 11.7 Å². The van der Waals surface area contributed by atoms with Crippen LogP contribution in [0, 0.1) is 17.1 Å². The van der Waals surface area contributed by atoms with E-state index in [4.69, 9.17) is 14.5 Å². The van der Waals surface area contributed by atoms with E-state index >= 15 is 0 Å². The Hall–Kier alpha value is -4.11. The summed E-state index contributed by atoms with van der Waals surface area (Å²) in [7, 11) is 1.66. The second kappa shape index (κ2) is 8.92. The number of hydrogen-bond donors (Lipinski definition) is 0. The van der Waals surface area contributed by atoms with Crippen molar-refractivity contribution in [2.45, 2.75) is 39.7 Å². The molecule has 6 heteroatoms. The molecule has 3 heterocycles. The molecule has 0 spiro atoms. The van der Waals surface area contributed by atoms with Gasteiger partial charge in [0.25, 0.3) is 0 Å². The van der Waals surface area contributed by atoms with Crippen molar-refractivity contribution in [2.75, 3.05) is 7.11 Å². The van der Waals surface area contributed by atoms with E-state index in [9.17, 15) is 9.65 Å². The number of allylic oxidation sites excluding steroid dienone is 1. The highest BCUT2D eigenvalue weighted by atomic mass is 19.1. The lowest BCUT2D eigenvalue weighted by molar-refractivity contribution is 0.305. The fourth-order valence-electron chi connectivity index (χ4n) is 4.80. The third-order valence-corrected chi connectivity index (χ3v) is 6.46. The van der Waals surface area contributed by atoms with Crippen LogP contribution < -0.4 is 9.47 Å². The summed E-state index contributed by atoms with van der Waals surface area (Å²) in [6.45, 7) is 6.35. The molecule has 1 aliphatic heterocycles. The van der Waals surface area contributed by atoms with Crippen LogP contribution in [0.3, 0.4) is 0 Å². The van der Waals surface area contributed by atoms with Gasteiger partial charge in [-0.2, -0.15) is 5.26 Å². The number of nitrogens with zero attached hydrogens (tertiary/aromatic N) is 3. The van der Waals surface area contributed by atoms with Crippen molar-refractivity contribution in [1.29, 1.82) is 5.26 Å². The standard InChI is InChI=1S/C29H26FN3O2/c1-17(2)28-24(33-11-5-6-25(34-4)29(33)32-28)13-19-7-9-22-20(12-19)16-35-26-14-21(30)8-10-23(26)27(22)18(3)15-31/h5-12,14,17H,13,16H2,1-4H3. The second-order valence-corrected chi connectivity index (χ2v) is 9.08. The summed E-state index contributed by atoms with van der Waals surface area (Å²) in [5.74, 6) is 1.07. The summed E-state index contributed by atoms with van der Waals surface area (Å²) in [5, 5.41) is 9.69. The van der Waals surface area contributed by atoms with Gasteiger partial charge in [0.2, 0.25) is 0 Å². The van der Waals surface area contributed by atoms with Crippen molar-refractivity contribution < 1.29 is 13.9 Å². The summed E-state index contributed by atoms with van der Waals surface area (Å²) in [5.41, 5.74) is 8.01. The van der Waals surface area contributed by atoms with Gasteiger partial charge >= 0.3 is 0 Å². The normalized spacial score (nSPS) is 14.1. The van der Waals surface area contributed by atoms with Crippen LogP contribution in [0.5, 0.6) is 11.5 Å². The van der Waals surface area contributed by atoms with Crippen LogP contribution in [0.15, 0.2) is 60.3 Å². The molecular formula is C29H26FN3O2. The first-order valence-corrected chi connectivity index (χ1v) is 11.6. The van der Waals surface area contributed by atoms with Crippen molar-refractivity contribution in [1.82, 2.24) is 9.38 Å². The van der Waals surface area contributed by atoms with Crippen LogP contribution in [0.25, 0.3) is 11.2 Å². The zero-order chi connectivity index (χ0) is 24.7. The molecule has 0 saturated heterocycles. The minimum atomic E-state index is -0.367. The fraction of sp³-hybridized carbons (Fsp3) is 0.241. The number of aromatic nitrogens is 2. The molecule has 0 unspecified atom stereocenters. The summed E-state index contributed by atoms with van der Waals surface area (Å²) < 4.78 is 27.6. The van der Waals surface area contributed by atoms with Gasteiger partial charge in [-0.05, 0) is 53.8 Å². The summed E-state index contributed by atoms with van der Waals surface area (Å²) >= 11 is 0. The second-order valence-electron chi connectivity index (χ2n) is 9.08. The van der Waals surface area contributed by atoms with Crippen molar-refractivity contribution in [3.8, 4) is 17.6 Å². The van der Waals surface area contributed by atoms with Crippen molar-refractivity contribution in [3.05, 3.63) is 99.8 Å². The Morgan fingerprint density at radius 2 is 2.00 bits per heavy atom. The summed E-state index contributed by atoms with van der Waals surface area (Å²) in [4.78, 5) is 4.90. The third-order valence-electron chi connectivity index (χ3n) is 6.46. The molecule has 35 heavy (non-hydrogen) atoms. The number of fused-ring (bicyclic) bond motifs is 3. The highest BCUT2D eigenvalue weighted by Crippen LogP contribution is 2.39. The van der Waals surface area contributed by atoms with E-state index in [1.54, 1.807) is 20.1 Å². The number of nitriles is 1. The Labute approximate surface area is 204 Å². The number of ether oxygens (including phenoxy) is 2. The lowest BCUT2D eigenvalue weighted by Crippen LogP contribution is -2.03. The van der Waals surface area contributed by atoms with Gasteiger partial charge in [0.15, 0.2) is 11.4 Å². The Kier molecular flexibility index (Phi) is 5.78. The van der Waals surface area contributed by atoms with E-state index in [0.717, 1.165) is 50.6 Å². The van der Waals surface area contributed by atoms with Gasteiger partial charge in [-0.1, -0.05) is 32.0 Å². The van der Waals surface area contributed by atoms with E-state index in [1.165, 1.54) is 12.1 Å². The molecule has 0 N–H and O–H groups in total. The molecule has 2 aromatic heterocycles. The maximum atomic E-state index is 13.9. The Bertz CT molecular complexity index is 1530. The molecule has 5 rings (SSSR count). The van der Waals surface area contributed by atoms with Gasteiger partial charge in [-0.25, -0.2) is 9.37 Å². The molecule has 0 aliphatic carbocycles. The van der Waals surface area contributed by atoms with E-state index < -0.39 is 0 Å². The molecule has 0 radical (unpaired) electrons. The fourth-order valence-corrected chi connectivity index (χ4v) is 4.80. The predicted octanol–water partition coefficient (Wildman–Crippen LogP) is 6.43. The lowest BCUT2D eigenvalue weighted by atomic mass is 9.89. The van der Waals surface area contributed by atoms with Gasteiger partial charge in [-0.15, -0.1) is 0 Å². The molecule has 0 saturated carbocycles. The first kappa shape index (κ1) is 22.7. The lowest BCUT2D eigenvalue weighted by Gasteiger charge is -2.13. The number of pyridine rings is 1. The topological polar surface area (TPSA) is 59.5 Å². The predicted molar refractivity (Wildman–Crippen MR) is 133 cm³/mol. The average molecular weight is 468 g/mol. The highest BCUT2D eigenvalue weighted by Gasteiger charge is 2.23. The zero-order valence-electron chi connectivity index (χ0n) is 20.2. The number of halogens is 1. The van der Waals surface area contributed by atoms with E-state index in [0.29, 0.717) is 24.4 Å². The first-order chi connectivity index (χ1) is 16.9. The van der Waals surface area contributed by atoms with Crippen LogP contribution in [0.4, 0.5) is 4.39 Å². The maximum Gasteiger partial charge on any atom is 0.180 e. The Morgan fingerprint density at radius 1 is 1.20 bits per heavy atom. The smallest absolute Gasteiger partial charge is 0.180 e. The molecule has 0 amide bonds. The number of benzene rings is 2. The monoisotopic (exact) mass is 467 g/mol. The van der Waals surface area contributed by atoms with Gasteiger partial charge in [0, 0.05) is 35.4 Å². The Balaban J connectivity index is 1.62. The van der Waals surface area contributed by atoms with Crippen LogP contribution in [-0.4, -0.2) is 16.5 Å². The molecular weight excluding hydrogens is 441 g/mol. The van der Waals surface area contributed by atoms with E-state index in [2.05, 4.69) is 36.5 Å². The third kappa shape index (κ3) is 3.93. The summed E-state index contributed by atoms with van der Waals surface area (Å²) in [6.07, 6.45) is 2.69. The van der Waals surface area contributed by atoms with Gasteiger partial charge < -0.3 is 13.9 Å². The SMILES string of the molecule is COc1cccn2c(Cc3ccc4c(c3)COc3cc(F)ccc3C4=C(C)C#N)c(C(C)C)nc12. The van der Waals surface area contributed by atoms with Crippen LogP contribution >= 0.6 is 0 Å². The number of hydrogen-bond acceptors (Lipinski definition) is 4. The number of rotatable bonds is 4. The van der Waals surface area contributed by atoms with Crippen molar-refractivity contribution in [2.24, 2.45) is 0 Å². The van der Waals surface area contributed by atoms with Gasteiger partial charge in [0.05, 0.1) is 24.6 Å². The number of imidazole rings is 1. The molecule has 176 valence electrons. The van der Waals surface area contributed by atoms with Crippen molar-refractivity contribution in [3.63, 3.8) is 0 Å². The maximum absolute atomic E-state index is 13.9. The Morgan fingerprint density at radius 3 is 2.74 bits per heavy atom. The van der Waals surface area contributed by atoms with Crippen LogP contribution in [0.1, 0.15) is 60.3 Å². The molecule has 0 atom stereocenters. The molecule has 0 bridgehead atoms.